The molecule has 0 aliphatic heterocycles. The molecule has 0 unspecified atom stereocenters. The number of carbonyl (C=O) groups is 3. The molecule has 7 nitrogen and oxygen atoms in total. The van der Waals surface area contributed by atoms with Gasteiger partial charge in [0.15, 0.2) is 0 Å². The SMILES string of the molecule is NC(=O)C(=O)NNC(=O)NC1CCCCC1. The second-order valence-electron chi connectivity index (χ2n) is 3.75. The summed E-state index contributed by atoms with van der Waals surface area (Å²) in [7, 11) is 0. The Labute approximate surface area is 93.1 Å². The van der Waals surface area contributed by atoms with Crippen molar-refractivity contribution >= 4 is 17.8 Å². The molecule has 1 aliphatic rings. The van der Waals surface area contributed by atoms with Crippen molar-refractivity contribution in [1.82, 2.24) is 16.2 Å². The van der Waals surface area contributed by atoms with Crippen LogP contribution in [0, 0.1) is 0 Å². The summed E-state index contributed by atoms with van der Waals surface area (Å²) in [6.07, 6.45) is 5.27. The number of primary amides is 1. The molecule has 5 N–H and O–H groups in total. The van der Waals surface area contributed by atoms with Crippen molar-refractivity contribution in [2.24, 2.45) is 5.73 Å². The summed E-state index contributed by atoms with van der Waals surface area (Å²) in [6, 6.07) is -0.388. The van der Waals surface area contributed by atoms with E-state index in [1.54, 1.807) is 0 Å². The minimum Gasteiger partial charge on any atom is -0.361 e. The van der Waals surface area contributed by atoms with Crippen LogP contribution in [0.1, 0.15) is 32.1 Å². The van der Waals surface area contributed by atoms with Gasteiger partial charge < -0.3 is 11.1 Å². The Bertz CT molecular complexity index is 286. The Morgan fingerprint density at radius 1 is 1.00 bits per heavy atom. The highest BCUT2D eigenvalue weighted by atomic mass is 16.2. The predicted molar refractivity (Wildman–Crippen MR) is 55.9 cm³/mol. The lowest BCUT2D eigenvalue weighted by atomic mass is 9.96. The van der Waals surface area contributed by atoms with E-state index in [2.05, 4.69) is 16.5 Å². The van der Waals surface area contributed by atoms with Gasteiger partial charge in [-0.05, 0) is 12.8 Å². The Kier molecular flexibility index (Phi) is 4.56. The summed E-state index contributed by atoms with van der Waals surface area (Å²) in [5.74, 6) is -2.18. The normalized spacial score (nSPS) is 16.2. The zero-order chi connectivity index (χ0) is 12.0. The van der Waals surface area contributed by atoms with E-state index in [0.29, 0.717) is 0 Å². The second-order valence-corrected chi connectivity index (χ2v) is 3.75. The molecule has 4 amide bonds. The molecule has 1 aliphatic carbocycles. The molecular formula is C9H16N4O3. The van der Waals surface area contributed by atoms with Crippen molar-refractivity contribution < 1.29 is 14.4 Å². The number of nitrogens with two attached hydrogens (primary N) is 1. The maximum absolute atomic E-state index is 11.2. The standard InChI is InChI=1S/C9H16N4O3/c10-7(14)8(15)12-13-9(16)11-6-4-2-1-3-5-6/h6H,1-5H2,(H2,10,14)(H,12,15)(H2,11,13,16). The van der Waals surface area contributed by atoms with Crippen molar-refractivity contribution in [3.63, 3.8) is 0 Å². The monoisotopic (exact) mass is 228 g/mol. The number of carbonyl (C=O) groups excluding carboxylic acids is 3. The highest BCUT2D eigenvalue weighted by Crippen LogP contribution is 2.16. The number of hydrogen-bond donors (Lipinski definition) is 4. The number of amides is 4. The lowest BCUT2D eigenvalue weighted by Crippen LogP contribution is -2.52. The topological polar surface area (TPSA) is 113 Å². The number of nitrogens with one attached hydrogen (secondary N) is 3. The van der Waals surface area contributed by atoms with E-state index in [4.69, 9.17) is 0 Å². The van der Waals surface area contributed by atoms with Crippen LogP contribution in [0.15, 0.2) is 0 Å². The smallest absolute Gasteiger partial charge is 0.333 e. The summed E-state index contributed by atoms with van der Waals surface area (Å²) in [5, 5.41) is 2.70. The molecule has 0 spiro atoms. The zero-order valence-corrected chi connectivity index (χ0v) is 8.91. The fourth-order valence-electron chi connectivity index (χ4n) is 1.64. The molecule has 0 atom stereocenters. The molecule has 0 heterocycles. The molecule has 0 saturated heterocycles. The van der Waals surface area contributed by atoms with Crippen LogP contribution in [0.4, 0.5) is 4.79 Å². The van der Waals surface area contributed by atoms with E-state index in [1.165, 1.54) is 6.42 Å². The van der Waals surface area contributed by atoms with Crippen LogP contribution in [0.25, 0.3) is 0 Å². The summed E-state index contributed by atoms with van der Waals surface area (Å²) < 4.78 is 0. The molecule has 7 heteroatoms. The molecule has 0 aromatic carbocycles. The molecule has 0 bridgehead atoms. The molecular weight excluding hydrogens is 212 g/mol. The van der Waals surface area contributed by atoms with Gasteiger partial charge in [-0.3, -0.25) is 15.0 Å². The number of urea groups is 1. The first kappa shape index (κ1) is 12.3. The van der Waals surface area contributed by atoms with E-state index in [9.17, 15) is 14.4 Å². The number of hydrogen-bond acceptors (Lipinski definition) is 3. The third-order valence-corrected chi connectivity index (χ3v) is 2.45. The van der Waals surface area contributed by atoms with Gasteiger partial charge >= 0.3 is 17.8 Å². The minimum atomic E-state index is -1.14. The van der Waals surface area contributed by atoms with Gasteiger partial charge in [0.05, 0.1) is 0 Å². The van der Waals surface area contributed by atoms with E-state index >= 15 is 0 Å². The Morgan fingerprint density at radius 3 is 2.19 bits per heavy atom. The average Bonchev–Trinajstić information content (AvgIpc) is 2.27. The molecule has 0 aromatic heterocycles. The third-order valence-electron chi connectivity index (χ3n) is 2.45. The van der Waals surface area contributed by atoms with Crippen LogP contribution in [0.5, 0.6) is 0 Å². The van der Waals surface area contributed by atoms with E-state index < -0.39 is 17.8 Å². The van der Waals surface area contributed by atoms with Gasteiger partial charge in [-0.1, -0.05) is 19.3 Å². The molecule has 0 aromatic rings. The van der Waals surface area contributed by atoms with Crippen LogP contribution in [-0.2, 0) is 9.59 Å². The predicted octanol–water partition coefficient (Wildman–Crippen LogP) is -0.865. The zero-order valence-electron chi connectivity index (χ0n) is 8.91. The summed E-state index contributed by atoms with van der Waals surface area (Å²) in [6.45, 7) is 0. The third kappa shape index (κ3) is 4.16. The Morgan fingerprint density at radius 2 is 1.62 bits per heavy atom. The van der Waals surface area contributed by atoms with Crippen molar-refractivity contribution in [2.45, 2.75) is 38.1 Å². The minimum absolute atomic E-state index is 0.138. The highest BCUT2D eigenvalue weighted by Gasteiger charge is 2.16. The van der Waals surface area contributed by atoms with Gasteiger partial charge in [0, 0.05) is 6.04 Å². The van der Waals surface area contributed by atoms with Gasteiger partial charge in [0.25, 0.3) is 0 Å². The maximum Gasteiger partial charge on any atom is 0.333 e. The van der Waals surface area contributed by atoms with E-state index in [-0.39, 0.29) is 6.04 Å². The first-order valence-corrected chi connectivity index (χ1v) is 5.26. The highest BCUT2D eigenvalue weighted by molar-refractivity contribution is 6.34. The van der Waals surface area contributed by atoms with Crippen molar-refractivity contribution in [1.29, 1.82) is 0 Å². The van der Waals surface area contributed by atoms with Gasteiger partial charge in [-0.25, -0.2) is 10.2 Å². The molecule has 16 heavy (non-hydrogen) atoms. The van der Waals surface area contributed by atoms with Crippen LogP contribution < -0.4 is 21.9 Å². The largest absolute Gasteiger partial charge is 0.361 e. The van der Waals surface area contributed by atoms with Crippen LogP contribution in [-0.4, -0.2) is 23.9 Å². The molecule has 90 valence electrons. The quantitative estimate of drug-likeness (QED) is 0.345. The lowest BCUT2D eigenvalue weighted by Gasteiger charge is -2.22. The van der Waals surface area contributed by atoms with E-state index in [1.807, 2.05) is 5.43 Å². The molecule has 1 saturated carbocycles. The van der Waals surface area contributed by atoms with Gasteiger partial charge in [-0.2, -0.15) is 0 Å². The fraction of sp³-hybridized carbons (Fsp3) is 0.667. The fourth-order valence-corrected chi connectivity index (χ4v) is 1.64. The average molecular weight is 228 g/mol. The molecule has 1 fully saturated rings. The van der Waals surface area contributed by atoms with Gasteiger partial charge in [-0.15, -0.1) is 0 Å². The first-order valence-electron chi connectivity index (χ1n) is 5.26. The summed E-state index contributed by atoms with van der Waals surface area (Å²) >= 11 is 0. The summed E-state index contributed by atoms with van der Waals surface area (Å²) in [4.78, 5) is 32.3. The van der Waals surface area contributed by atoms with Crippen molar-refractivity contribution in [2.75, 3.05) is 0 Å². The maximum atomic E-state index is 11.2. The first-order chi connectivity index (χ1) is 7.59. The van der Waals surface area contributed by atoms with Crippen LogP contribution in [0.2, 0.25) is 0 Å². The van der Waals surface area contributed by atoms with E-state index in [0.717, 1.165) is 25.7 Å². The number of hydrazine groups is 1. The van der Waals surface area contributed by atoms with Crippen molar-refractivity contribution in [3.8, 4) is 0 Å². The van der Waals surface area contributed by atoms with Crippen LogP contribution in [0.3, 0.4) is 0 Å². The second kappa shape index (κ2) is 5.94. The Balaban J connectivity index is 2.19. The van der Waals surface area contributed by atoms with Crippen molar-refractivity contribution in [3.05, 3.63) is 0 Å². The lowest BCUT2D eigenvalue weighted by molar-refractivity contribution is -0.137. The molecule has 0 radical (unpaired) electrons. The summed E-state index contributed by atoms with van der Waals surface area (Å²) in [5.41, 5.74) is 8.64. The van der Waals surface area contributed by atoms with Gasteiger partial charge in [0.1, 0.15) is 0 Å². The van der Waals surface area contributed by atoms with Gasteiger partial charge in [0.2, 0.25) is 0 Å². The Hall–Kier alpha value is -1.79. The molecule has 1 rings (SSSR count). The number of rotatable bonds is 1. The van der Waals surface area contributed by atoms with Crippen LogP contribution >= 0.6 is 0 Å².